The number of rotatable bonds is 4. The van der Waals surface area contributed by atoms with E-state index in [1.165, 1.54) is 0 Å². The molecular formula is C15H18F2N2O2. The number of carbonyl (C=O) groups is 1. The first-order valence-corrected chi connectivity index (χ1v) is 7.22. The van der Waals surface area contributed by atoms with Crippen LogP contribution in [-0.2, 0) is 4.79 Å². The zero-order valence-corrected chi connectivity index (χ0v) is 11.6. The third-order valence-electron chi connectivity index (χ3n) is 4.03. The van der Waals surface area contributed by atoms with Gasteiger partial charge in [-0.2, -0.15) is 0 Å². The lowest BCUT2D eigenvalue weighted by atomic mass is 10.0. The Bertz CT molecular complexity index is 507. The molecule has 0 saturated carbocycles. The smallest absolute Gasteiger partial charge is 0.272 e. The van der Waals surface area contributed by atoms with Crippen LogP contribution in [0.15, 0.2) is 24.3 Å². The molecular weight excluding hydrogens is 278 g/mol. The Morgan fingerprint density at radius 3 is 2.76 bits per heavy atom. The number of nitrogens with one attached hydrogen (secondary N) is 1. The molecule has 0 radical (unpaired) electrons. The molecule has 2 heterocycles. The molecule has 1 amide bonds. The third-order valence-corrected chi connectivity index (χ3v) is 4.03. The van der Waals surface area contributed by atoms with Gasteiger partial charge in [-0.3, -0.25) is 9.69 Å². The standard InChI is InChI=1S/C15H18F2N2O2/c16-13(17)9-21-11-6-4-10(5-7-11)14-18-15(20)12-3-1-2-8-19(12)14/h4-7,12-14H,1-3,8-9H2,(H,18,20)/t12-,14-/m0/s1. The monoisotopic (exact) mass is 296 g/mol. The molecule has 0 bridgehead atoms. The van der Waals surface area contributed by atoms with E-state index in [0.29, 0.717) is 5.75 Å². The van der Waals surface area contributed by atoms with Crippen molar-refractivity contribution in [3.05, 3.63) is 29.8 Å². The Labute approximate surface area is 122 Å². The molecule has 4 nitrogen and oxygen atoms in total. The number of piperidine rings is 1. The van der Waals surface area contributed by atoms with Crippen LogP contribution < -0.4 is 10.1 Å². The molecule has 1 aromatic rings. The predicted molar refractivity (Wildman–Crippen MR) is 73.2 cm³/mol. The number of fused-ring (bicyclic) bond motifs is 1. The fourth-order valence-electron chi connectivity index (χ4n) is 3.04. The minimum absolute atomic E-state index is 0.0292. The number of ether oxygens (including phenoxy) is 1. The van der Waals surface area contributed by atoms with E-state index in [1.807, 2.05) is 12.1 Å². The van der Waals surface area contributed by atoms with Crippen molar-refractivity contribution in [3.8, 4) is 5.75 Å². The summed E-state index contributed by atoms with van der Waals surface area (Å²) < 4.78 is 29.2. The zero-order valence-electron chi connectivity index (χ0n) is 11.6. The number of hydrogen-bond donors (Lipinski definition) is 1. The highest BCUT2D eigenvalue weighted by Crippen LogP contribution is 2.32. The minimum Gasteiger partial charge on any atom is -0.488 e. The van der Waals surface area contributed by atoms with Crippen LogP contribution >= 0.6 is 0 Å². The minimum atomic E-state index is -2.48. The fourth-order valence-corrected chi connectivity index (χ4v) is 3.04. The van der Waals surface area contributed by atoms with Gasteiger partial charge >= 0.3 is 0 Å². The van der Waals surface area contributed by atoms with Gasteiger partial charge in [-0.15, -0.1) is 0 Å². The van der Waals surface area contributed by atoms with Gasteiger partial charge in [-0.05, 0) is 30.5 Å². The van der Waals surface area contributed by atoms with Gasteiger partial charge in [0.1, 0.15) is 18.5 Å². The number of benzene rings is 1. The lowest BCUT2D eigenvalue weighted by molar-refractivity contribution is -0.122. The first-order valence-electron chi connectivity index (χ1n) is 7.22. The number of hydrogen-bond acceptors (Lipinski definition) is 3. The molecule has 2 saturated heterocycles. The van der Waals surface area contributed by atoms with E-state index in [9.17, 15) is 13.6 Å². The Hall–Kier alpha value is -1.69. The Morgan fingerprint density at radius 1 is 1.29 bits per heavy atom. The summed E-state index contributed by atoms with van der Waals surface area (Å²) in [7, 11) is 0. The quantitative estimate of drug-likeness (QED) is 0.927. The van der Waals surface area contributed by atoms with Crippen molar-refractivity contribution in [2.75, 3.05) is 13.2 Å². The second-order valence-electron chi connectivity index (χ2n) is 5.43. The lowest BCUT2D eigenvalue weighted by Gasteiger charge is -2.31. The van der Waals surface area contributed by atoms with Crippen molar-refractivity contribution < 1.29 is 18.3 Å². The van der Waals surface area contributed by atoms with Crippen LogP contribution in [0.25, 0.3) is 0 Å². The summed E-state index contributed by atoms with van der Waals surface area (Å²) in [5, 5.41) is 3.01. The van der Waals surface area contributed by atoms with Gasteiger partial charge in [0.25, 0.3) is 6.43 Å². The second kappa shape index (κ2) is 5.97. The van der Waals surface area contributed by atoms with Crippen LogP contribution in [0.2, 0.25) is 0 Å². The number of amides is 1. The normalized spacial score (nSPS) is 25.8. The van der Waals surface area contributed by atoms with E-state index >= 15 is 0 Å². The Morgan fingerprint density at radius 2 is 2.05 bits per heavy atom. The van der Waals surface area contributed by atoms with Gasteiger partial charge in [0, 0.05) is 6.54 Å². The summed E-state index contributed by atoms with van der Waals surface area (Å²) in [4.78, 5) is 14.2. The Kier molecular flexibility index (Phi) is 4.05. The molecule has 2 aliphatic heterocycles. The van der Waals surface area contributed by atoms with Crippen molar-refractivity contribution in [2.45, 2.75) is 37.9 Å². The predicted octanol–water partition coefficient (Wildman–Crippen LogP) is 2.31. The highest BCUT2D eigenvalue weighted by molar-refractivity contribution is 5.84. The van der Waals surface area contributed by atoms with Crippen LogP contribution in [0.5, 0.6) is 5.75 Å². The van der Waals surface area contributed by atoms with Crippen LogP contribution in [0.4, 0.5) is 8.78 Å². The number of carbonyl (C=O) groups excluding carboxylic acids is 1. The molecule has 0 spiro atoms. The van der Waals surface area contributed by atoms with Crippen LogP contribution in [0, 0.1) is 0 Å². The summed E-state index contributed by atoms with van der Waals surface area (Å²) in [6.45, 7) is 0.297. The van der Waals surface area contributed by atoms with E-state index in [4.69, 9.17) is 4.74 Å². The molecule has 0 aromatic heterocycles. The van der Waals surface area contributed by atoms with Gasteiger partial charge in [0.05, 0.1) is 6.04 Å². The largest absolute Gasteiger partial charge is 0.488 e. The topological polar surface area (TPSA) is 41.6 Å². The average molecular weight is 296 g/mol. The van der Waals surface area contributed by atoms with E-state index in [2.05, 4.69) is 10.2 Å². The summed E-state index contributed by atoms with van der Waals surface area (Å²) in [5.74, 6) is 0.497. The van der Waals surface area contributed by atoms with Crippen molar-refractivity contribution in [1.82, 2.24) is 10.2 Å². The van der Waals surface area contributed by atoms with E-state index in [-0.39, 0.29) is 18.1 Å². The first-order chi connectivity index (χ1) is 10.1. The van der Waals surface area contributed by atoms with Gasteiger partial charge in [-0.1, -0.05) is 18.6 Å². The number of nitrogens with zero attached hydrogens (tertiary/aromatic N) is 1. The molecule has 6 heteroatoms. The molecule has 114 valence electrons. The van der Waals surface area contributed by atoms with Gasteiger partial charge in [0.2, 0.25) is 5.91 Å². The number of alkyl halides is 2. The van der Waals surface area contributed by atoms with Crippen LogP contribution in [0.3, 0.4) is 0 Å². The van der Waals surface area contributed by atoms with Crippen LogP contribution in [0.1, 0.15) is 31.0 Å². The molecule has 0 aliphatic carbocycles. The van der Waals surface area contributed by atoms with E-state index in [1.54, 1.807) is 12.1 Å². The zero-order chi connectivity index (χ0) is 14.8. The summed E-state index contributed by atoms with van der Waals surface area (Å²) in [5.41, 5.74) is 0.956. The van der Waals surface area contributed by atoms with E-state index < -0.39 is 13.0 Å². The summed E-state index contributed by atoms with van der Waals surface area (Å²) in [6.07, 6.45) is 0.483. The number of halogens is 2. The highest BCUT2D eigenvalue weighted by atomic mass is 19.3. The average Bonchev–Trinajstić information content (AvgIpc) is 2.83. The fraction of sp³-hybridized carbons (Fsp3) is 0.533. The van der Waals surface area contributed by atoms with E-state index in [0.717, 1.165) is 31.4 Å². The SMILES string of the molecule is O=C1N[C@H](c2ccc(OCC(F)F)cc2)N2CCCC[C@@H]12. The van der Waals surface area contributed by atoms with Gasteiger partial charge < -0.3 is 10.1 Å². The van der Waals surface area contributed by atoms with Crippen LogP contribution in [-0.4, -0.2) is 36.4 Å². The van der Waals surface area contributed by atoms with Crippen molar-refractivity contribution in [3.63, 3.8) is 0 Å². The van der Waals surface area contributed by atoms with Gasteiger partial charge in [0.15, 0.2) is 0 Å². The molecule has 21 heavy (non-hydrogen) atoms. The molecule has 2 aliphatic rings. The molecule has 3 rings (SSSR count). The highest BCUT2D eigenvalue weighted by Gasteiger charge is 2.41. The van der Waals surface area contributed by atoms with Crippen molar-refractivity contribution in [2.24, 2.45) is 0 Å². The summed E-state index contributed by atoms with van der Waals surface area (Å²) >= 11 is 0. The Balaban J connectivity index is 1.70. The maximum absolute atomic E-state index is 12.1. The third kappa shape index (κ3) is 3.00. The van der Waals surface area contributed by atoms with Crippen molar-refractivity contribution >= 4 is 5.91 Å². The molecule has 0 unspecified atom stereocenters. The molecule has 2 atom stereocenters. The maximum Gasteiger partial charge on any atom is 0.272 e. The molecule has 1 N–H and O–H groups in total. The van der Waals surface area contributed by atoms with Crippen molar-refractivity contribution in [1.29, 1.82) is 0 Å². The second-order valence-corrected chi connectivity index (χ2v) is 5.43. The maximum atomic E-state index is 12.1. The first kappa shape index (κ1) is 14.3. The molecule has 1 aromatic carbocycles. The lowest BCUT2D eigenvalue weighted by Crippen LogP contribution is -2.38. The van der Waals surface area contributed by atoms with Gasteiger partial charge in [-0.25, -0.2) is 8.78 Å². The molecule has 2 fully saturated rings. The summed E-state index contributed by atoms with van der Waals surface area (Å²) in [6, 6.07) is 6.95.